The molecule has 0 amide bonds. The van der Waals surface area contributed by atoms with Crippen molar-refractivity contribution in [2.24, 2.45) is 0 Å². The molecule has 0 bridgehead atoms. The van der Waals surface area contributed by atoms with Crippen LogP contribution in [-0.4, -0.2) is 24.3 Å². The monoisotopic (exact) mass is 330 g/mol. The fourth-order valence-electron chi connectivity index (χ4n) is 2.15. The minimum Gasteiger partial charge on any atom is -0.490 e. The summed E-state index contributed by atoms with van der Waals surface area (Å²) in [5, 5.41) is 10.1. The lowest BCUT2D eigenvalue weighted by Gasteiger charge is -2.16. The van der Waals surface area contributed by atoms with Gasteiger partial charge in [0.1, 0.15) is 19.3 Å². The highest BCUT2D eigenvalue weighted by atomic mass is 16.5. The van der Waals surface area contributed by atoms with Crippen LogP contribution in [0.1, 0.15) is 31.1 Å². The largest absolute Gasteiger partial charge is 0.490 e. The van der Waals surface area contributed by atoms with E-state index in [1.54, 1.807) is 18.2 Å². The van der Waals surface area contributed by atoms with Gasteiger partial charge in [-0.2, -0.15) is 0 Å². The van der Waals surface area contributed by atoms with Gasteiger partial charge in [0.2, 0.25) is 0 Å². The SMILES string of the molecule is CCOc1cc(C(O)COC(C)=O)ccc1OCc1ccccc1. The Kier molecular flexibility index (Phi) is 6.63. The third kappa shape index (κ3) is 5.28. The first-order valence-corrected chi connectivity index (χ1v) is 7.85. The second-order valence-electron chi connectivity index (χ2n) is 5.23. The topological polar surface area (TPSA) is 65.0 Å². The molecule has 0 spiro atoms. The first-order valence-electron chi connectivity index (χ1n) is 7.85. The van der Waals surface area contributed by atoms with Crippen molar-refractivity contribution in [3.05, 3.63) is 59.7 Å². The summed E-state index contributed by atoms with van der Waals surface area (Å²) in [6, 6.07) is 15.0. The maximum Gasteiger partial charge on any atom is 0.302 e. The molecule has 0 fully saturated rings. The summed E-state index contributed by atoms with van der Waals surface area (Å²) in [5.74, 6) is 0.721. The van der Waals surface area contributed by atoms with E-state index in [1.165, 1.54) is 6.92 Å². The molecule has 0 aromatic heterocycles. The van der Waals surface area contributed by atoms with Gasteiger partial charge in [-0.25, -0.2) is 0 Å². The average Bonchev–Trinajstić information content (AvgIpc) is 2.59. The molecule has 5 nitrogen and oxygen atoms in total. The van der Waals surface area contributed by atoms with E-state index in [2.05, 4.69) is 0 Å². The molecule has 2 aromatic carbocycles. The maximum atomic E-state index is 10.8. The number of benzene rings is 2. The predicted octanol–water partition coefficient (Wildman–Crippen LogP) is 3.26. The Morgan fingerprint density at radius 1 is 1.08 bits per heavy atom. The molecular formula is C19H22O5. The lowest BCUT2D eigenvalue weighted by Crippen LogP contribution is -2.10. The van der Waals surface area contributed by atoms with Crippen LogP contribution in [0.4, 0.5) is 0 Å². The maximum absolute atomic E-state index is 10.8. The van der Waals surface area contributed by atoms with Crippen molar-refractivity contribution in [1.82, 2.24) is 0 Å². The van der Waals surface area contributed by atoms with Crippen molar-refractivity contribution in [2.75, 3.05) is 13.2 Å². The Balaban J connectivity index is 2.09. The number of aliphatic hydroxyl groups excluding tert-OH is 1. The van der Waals surface area contributed by atoms with Gasteiger partial charge < -0.3 is 19.3 Å². The second kappa shape index (κ2) is 8.93. The Hall–Kier alpha value is -2.53. The normalized spacial score (nSPS) is 11.6. The van der Waals surface area contributed by atoms with Gasteiger partial charge in [0.15, 0.2) is 11.5 Å². The van der Waals surface area contributed by atoms with Crippen LogP contribution in [0.15, 0.2) is 48.5 Å². The van der Waals surface area contributed by atoms with E-state index in [9.17, 15) is 9.90 Å². The van der Waals surface area contributed by atoms with E-state index in [4.69, 9.17) is 14.2 Å². The second-order valence-corrected chi connectivity index (χ2v) is 5.23. The number of carbonyl (C=O) groups excluding carboxylic acids is 1. The van der Waals surface area contributed by atoms with E-state index in [1.807, 2.05) is 37.3 Å². The van der Waals surface area contributed by atoms with Crippen LogP contribution < -0.4 is 9.47 Å². The molecule has 24 heavy (non-hydrogen) atoms. The van der Waals surface area contributed by atoms with Gasteiger partial charge in [-0.3, -0.25) is 4.79 Å². The number of esters is 1. The van der Waals surface area contributed by atoms with E-state index in [0.717, 1.165) is 5.56 Å². The van der Waals surface area contributed by atoms with Crippen molar-refractivity contribution < 1.29 is 24.1 Å². The summed E-state index contributed by atoms with van der Waals surface area (Å²) in [5.41, 5.74) is 1.66. The number of rotatable bonds is 8. The summed E-state index contributed by atoms with van der Waals surface area (Å²) in [6.07, 6.45) is -0.906. The molecule has 0 saturated carbocycles. The van der Waals surface area contributed by atoms with Crippen LogP contribution in [0.3, 0.4) is 0 Å². The van der Waals surface area contributed by atoms with E-state index in [0.29, 0.717) is 30.3 Å². The van der Waals surface area contributed by atoms with E-state index >= 15 is 0 Å². The zero-order valence-corrected chi connectivity index (χ0v) is 13.9. The number of ether oxygens (including phenoxy) is 3. The van der Waals surface area contributed by atoms with Crippen molar-refractivity contribution in [1.29, 1.82) is 0 Å². The fraction of sp³-hybridized carbons (Fsp3) is 0.316. The molecule has 2 aromatic rings. The van der Waals surface area contributed by atoms with Gasteiger partial charge in [-0.05, 0) is 30.2 Å². The molecule has 2 rings (SSSR count). The third-order valence-electron chi connectivity index (χ3n) is 3.33. The number of hydrogen-bond acceptors (Lipinski definition) is 5. The molecule has 0 heterocycles. The molecular weight excluding hydrogens is 308 g/mol. The lowest BCUT2D eigenvalue weighted by molar-refractivity contribution is -0.144. The lowest BCUT2D eigenvalue weighted by atomic mass is 10.1. The number of hydrogen-bond donors (Lipinski definition) is 1. The van der Waals surface area contributed by atoms with Gasteiger partial charge in [0.25, 0.3) is 0 Å². The number of carbonyl (C=O) groups is 1. The van der Waals surface area contributed by atoms with Crippen LogP contribution in [0.5, 0.6) is 11.5 Å². The Morgan fingerprint density at radius 2 is 1.83 bits per heavy atom. The minimum absolute atomic E-state index is 0.0921. The van der Waals surface area contributed by atoms with Crippen molar-refractivity contribution in [3.63, 3.8) is 0 Å². The quantitative estimate of drug-likeness (QED) is 0.753. The molecule has 5 heteroatoms. The Labute approximate surface area is 141 Å². The summed E-state index contributed by atoms with van der Waals surface area (Å²) in [6.45, 7) is 3.99. The molecule has 128 valence electrons. The third-order valence-corrected chi connectivity index (χ3v) is 3.33. The highest BCUT2D eigenvalue weighted by Crippen LogP contribution is 2.31. The predicted molar refractivity (Wildman–Crippen MR) is 90.0 cm³/mol. The zero-order chi connectivity index (χ0) is 17.4. The summed E-state index contributed by atoms with van der Waals surface area (Å²) in [7, 11) is 0. The van der Waals surface area contributed by atoms with E-state index < -0.39 is 12.1 Å². The van der Waals surface area contributed by atoms with Crippen molar-refractivity contribution >= 4 is 5.97 Å². The number of aliphatic hydroxyl groups is 1. The van der Waals surface area contributed by atoms with Crippen LogP contribution in [0.2, 0.25) is 0 Å². The zero-order valence-electron chi connectivity index (χ0n) is 13.9. The molecule has 0 aliphatic rings. The summed E-state index contributed by atoms with van der Waals surface area (Å²) < 4.78 is 16.2. The van der Waals surface area contributed by atoms with E-state index in [-0.39, 0.29) is 6.61 Å². The molecule has 1 atom stereocenters. The van der Waals surface area contributed by atoms with Crippen LogP contribution in [0.25, 0.3) is 0 Å². The summed E-state index contributed by atoms with van der Waals surface area (Å²) in [4.78, 5) is 10.8. The van der Waals surface area contributed by atoms with Gasteiger partial charge >= 0.3 is 5.97 Å². The fourth-order valence-corrected chi connectivity index (χ4v) is 2.15. The van der Waals surface area contributed by atoms with Crippen LogP contribution in [-0.2, 0) is 16.1 Å². The smallest absolute Gasteiger partial charge is 0.302 e. The van der Waals surface area contributed by atoms with Crippen LogP contribution >= 0.6 is 0 Å². The molecule has 0 radical (unpaired) electrons. The molecule has 0 aliphatic heterocycles. The first-order chi connectivity index (χ1) is 11.6. The van der Waals surface area contributed by atoms with Crippen molar-refractivity contribution in [3.8, 4) is 11.5 Å². The molecule has 0 aliphatic carbocycles. The molecule has 1 unspecified atom stereocenters. The highest BCUT2D eigenvalue weighted by molar-refractivity contribution is 5.65. The Morgan fingerprint density at radius 3 is 2.50 bits per heavy atom. The average molecular weight is 330 g/mol. The van der Waals surface area contributed by atoms with Gasteiger partial charge in [0.05, 0.1) is 6.61 Å². The molecule has 0 saturated heterocycles. The van der Waals surface area contributed by atoms with Gasteiger partial charge in [-0.15, -0.1) is 0 Å². The van der Waals surface area contributed by atoms with Crippen molar-refractivity contribution in [2.45, 2.75) is 26.6 Å². The summed E-state index contributed by atoms with van der Waals surface area (Å²) >= 11 is 0. The first kappa shape index (κ1) is 17.8. The highest BCUT2D eigenvalue weighted by Gasteiger charge is 2.14. The van der Waals surface area contributed by atoms with Gasteiger partial charge in [0, 0.05) is 6.92 Å². The standard InChI is InChI=1S/C19H22O5/c1-3-22-19-11-16(17(21)13-23-14(2)20)9-10-18(19)24-12-15-7-5-4-6-8-15/h4-11,17,21H,3,12-13H2,1-2H3. The van der Waals surface area contributed by atoms with Gasteiger partial charge in [-0.1, -0.05) is 36.4 Å². The Bertz CT molecular complexity index is 654. The van der Waals surface area contributed by atoms with Crippen LogP contribution in [0, 0.1) is 0 Å². The minimum atomic E-state index is -0.906. The molecule has 1 N–H and O–H groups in total.